The largest absolute Gasteiger partial charge is 0.396 e. The van der Waals surface area contributed by atoms with Crippen LogP contribution in [0.25, 0.3) is 22.9 Å². The second-order valence-electron chi connectivity index (χ2n) is 6.85. The van der Waals surface area contributed by atoms with Crippen LogP contribution in [0.2, 0.25) is 0 Å². The van der Waals surface area contributed by atoms with Gasteiger partial charge in [0.1, 0.15) is 5.69 Å². The first-order valence-electron chi connectivity index (χ1n) is 9.07. The number of carbonyl (C=O) groups excluding carboxylic acids is 1. The minimum Gasteiger partial charge on any atom is -0.396 e. The Balaban J connectivity index is 1.71. The van der Waals surface area contributed by atoms with Crippen LogP contribution in [0.3, 0.4) is 0 Å². The number of aliphatic hydroxyl groups is 1. The fourth-order valence-electron chi connectivity index (χ4n) is 3.17. The Bertz CT molecular complexity index is 969. The van der Waals surface area contributed by atoms with Gasteiger partial charge in [-0.2, -0.15) is 10.2 Å². The molecule has 0 radical (unpaired) electrons. The summed E-state index contributed by atoms with van der Waals surface area (Å²) in [5.74, 6) is 1.35. The minimum absolute atomic E-state index is 0.0808. The Hall–Kier alpha value is -3.00. The summed E-state index contributed by atoms with van der Waals surface area (Å²) in [6.45, 7) is 0.630. The molecular weight excluding hydrogens is 344 g/mol. The number of hydrogen-bond donors (Lipinski definition) is 2. The van der Waals surface area contributed by atoms with Gasteiger partial charge >= 0.3 is 0 Å². The van der Waals surface area contributed by atoms with E-state index >= 15 is 0 Å². The lowest BCUT2D eigenvalue weighted by molar-refractivity contribution is 0.100. The molecule has 0 spiro atoms. The molecule has 27 heavy (non-hydrogen) atoms. The summed E-state index contributed by atoms with van der Waals surface area (Å²) in [7, 11) is 1.95. The molecule has 8 heteroatoms. The van der Waals surface area contributed by atoms with Crippen LogP contribution in [-0.4, -0.2) is 42.2 Å². The van der Waals surface area contributed by atoms with Crippen molar-refractivity contribution in [2.24, 2.45) is 12.8 Å². The molecule has 4 rings (SSSR count). The molecule has 8 nitrogen and oxygen atoms in total. The van der Waals surface area contributed by atoms with E-state index in [1.54, 1.807) is 28.9 Å². The van der Waals surface area contributed by atoms with Crippen LogP contribution in [0.4, 0.5) is 0 Å². The molecule has 3 aromatic rings. The van der Waals surface area contributed by atoms with Crippen LogP contribution in [0.15, 0.2) is 30.3 Å². The number of carbonyl (C=O) groups is 1. The molecule has 0 bridgehead atoms. The molecule has 0 unspecified atom stereocenters. The van der Waals surface area contributed by atoms with Crippen LogP contribution in [0, 0.1) is 0 Å². The Morgan fingerprint density at radius 3 is 2.63 bits per heavy atom. The van der Waals surface area contributed by atoms with Crippen LogP contribution >= 0.6 is 0 Å². The molecule has 1 amide bonds. The van der Waals surface area contributed by atoms with Crippen LogP contribution < -0.4 is 5.73 Å². The zero-order valence-electron chi connectivity index (χ0n) is 15.2. The average molecular weight is 366 g/mol. The third kappa shape index (κ3) is 3.48. The molecule has 0 saturated heterocycles. The van der Waals surface area contributed by atoms with E-state index < -0.39 is 5.91 Å². The van der Waals surface area contributed by atoms with Crippen molar-refractivity contribution < 1.29 is 9.90 Å². The molecule has 1 aliphatic carbocycles. The second kappa shape index (κ2) is 6.96. The third-order valence-electron chi connectivity index (χ3n) is 4.77. The fraction of sp³-hybridized carbons (Fsp3) is 0.368. The normalized spacial score (nSPS) is 13.9. The van der Waals surface area contributed by atoms with Crippen molar-refractivity contribution >= 4 is 5.91 Å². The van der Waals surface area contributed by atoms with E-state index in [9.17, 15) is 9.90 Å². The van der Waals surface area contributed by atoms with E-state index in [0.717, 1.165) is 11.3 Å². The smallest absolute Gasteiger partial charge is 0.248 e. The topological polar surface area (TPSA) is 112 Å². The molecule has 0 aliphatic heterocycles. The number of aliphatic hydroxyl groups excluding tert-OH is 1. The van der Waals surface area contributed by atoms with Gasteiger partial charge in [0.25, 0.3) is 0 Å². The number of hydrogen-bond acceptors (Lipinski definition) is 5. The number of aromatic nitrogens is 5. The number of aryl methyl sites for hydroxylation is 2. The van der Waals surface area contributed by atoms with Crippen LogP contribution in [0.1, 0.15) is 41.2 Å². The van der Waals surface area contributed by atoms with E-state index in [2.05, 4.69) is 16.3 Å². The zero-order chi connectivity index (χ0) is 19.0. The average Bonchev–Trinajstić information content (AvgIpc) is 3.30. The standard InChI is InChI=1S/C19H22N6O2/c1-24-16(12-3-4-12)11-15(22-24)19-21-18(23-25(19)9-2-10-26)14-7-5-13(6-8-14)17(20)27/h5-8,11-12,26H,2-4,9-10H2,1H3,(H2,20,27). The summed E-state index contributed by atoms with van der Waals surface area (Å²) in [6.07, 6.45) is 2.99. The summed E-state index contributed by atoms with van der Waals surface area (Å²) in [4.78, 5) is 15.9. The summed E-state index contributed by atoms with van der Waals surface area (Å²) < 4.78 is 3.70. The van der Waals surface area contributed by atoms with Gasteiger partial charge in [-0.15, -0.1) is 0 Å². The maximum absolute atomic E-state index is 11.3. The molecule has 1 aromatic carbocycles. The second-order valence-corrected chi connectivity index (χ2v) is 6.85. The van der Waals surface area contributed by atoms with Gasteiger partial charge in [0, 0.05) is 42.9 Å². The molecule has 2 aromatic heterocycles. The van der Waals surface area contributed by atoms with Crippen molar-refractivity contribution in [3.8, 4) is 22.9 Å². The molecule has 140 valence electrons. The van der Waals surface area contributed by atoms with Gasteiger partial charge in [-0.05, 0) is 37.5 Å². The maximum Gasteiger partial charge on any atom is 0.248 e. The first-order valence-corrected chi connectivity index (χ1v) is 9.07. The Morgan fingerprint density at radius 2 is 2.00 bits per heavy atom. The SMILES string of the molecule is Cn1nc(-c2nc(-c3ccc(C(N)=O)cc3)nn2CCCO)cc1C1CC1. The number of primary amides is 1. The van der Waals surface area contributed by atoms with Gasteiger partial charge in [-0.1, -0.05) is 12.1 Å². The Kier molecular flexibility index (Phi) is 4.49. The van der Waals surface area contributed by atoms with E-state index in [0.29, 0.717) is 36.1 Å². The van der Waals surface area contributed by atoms with Gasteiger partial charge in [0.15, 0.2) is 11.6 Å². The van der Waals surface area contributed by atoms with Gasteiger partial charge in [0.05, 0.1) is 0 Å². The highest BCUT2D eigenvalue weighted by Crippen LogP contribution is 2.40. The van der Waals surface area contributed by atoms with Gasteiger partial charge in [0.2, 0.25) is 5.91 Å². The third-order valence-corrected chi connectivity index (χ3v) is 4.77. The van der Waals surface area contributed by atoms with E-state index in [-0.39, 0.29) is 6.61 Å². The first-order chi connectivity index (χ1) is 13.1. The van der Waals surface area contributed by atoms with Crippen molar-refractivity contribution in [2.75, 3.05) is 6.61 Å². The monoisotopic (exact) mass is 366 g/mol. The minimum atomic E-state index is -0.468. The van der Waals surface area contributed by atoms with Gasteiger partial charge in [-0.3, -0.25) is 9.48 Å². The summed E-state index contributed by atoms with van der Waals surface area (Å²) in [5, 5.41) is 18.4. The van der Waals surface area contributed by atoms with E-state index in [4.69, 9.17) is 10.7 Å². The highest BCUT2D eigenvalue weighted by atomic mass is 16.3. The lowest BCUT2D eigenvalue weighted by atomic mass is 10.1. The van der Waals surface area contributed by atoms with E-state index in [1.807, 2.05) is 11.7 Å². The first kappa shape index (κ1) is 17.4. The predicted molar refractivity (Wildman–Crippen MR) is 99.9 cm³/mol. The molecule has 1 aliphatic rings. The number of nitrogens with two attached hydrogens (primary N) is 1. The van der Waals surface area contributed by atoms with Crippen molar-refractivity contribution in [1.82, 2.24) is 24.5 Å². The molecule has 0 atom stereocenters. The lowest BCUT2D eigenvalue weighted by Gasteiger charge is -2.01. The number of rotatable bonds is 7. The summed E-state index contributed by atoms with van der Waals surface area (Å²) in [5.41, 5.74) is 8.53. The van der Waals surface area contributed by atoms with Crippen molar-refractivity contribution in [3.05, 3.63) is 41.6 Å². The molecule has 2 heterocycles. The molecule has 3 N–H and O–H groups in total. The van der Waals surface area contributed by atoms with Gasteiger partial charge < -0.3 is 10.8 Å². The fourth-order valence-corrected chi connectivity index (χ4v) is 3.17. The van der Waals surface area contributed by atoms with E-state index in [1.165, 1.54) is 18.5 Å². The summed E-state index contributed by atoms with van der Waals surface area (Å²) in [6, 6.07) is 8.97. The van der Waals surface area contributed by atoms with Crippen LogP contribution in [0.5, 0.6) is 0 Å². The highest BCUT2D eigenvalue weighted by Gasteiger charge is 2.28. The number of benzene rings is 1. The quantitative estimate of drug-likeness (QED) is 0.661. The highest BCUT2D eigenvalue weighted by molar-refractivity contribution is 5.93. The Labute approximate surface area is 156 Å². The molecular formula is C19H22N6O2. The lowest BCUT2D eigenvalue weighted by Crippen LogP contribution is -2.10. The van der Waals surface area contributed by atoms with Crippen molar-refractivity contribution in [2.45, 2.75) is 31.7 Å². The summed E-state index contributed by atoms with van der Waals surface area (Å²) >= 11 is 0. The van der Waals surface area contributed by atoms with Crippen molar-refractivity contribution in [1.29, 1.82) is 0 Å². The predicted octanol–water partition coefficient (Wildman–Crippen LogP) is 1.70. The van der Waals surface area contributed by atoms with Crippen molar-refractivity contribution in [3.63, 3.8) is 0 Å². The zero-order valence-corrected chi connectivity index (χ0v) is 15.2. The maximum atomic E-state index is 11.3. The van der Waals surface area contributed by atoms with Crippen LogP contribution in [-0.2, 0) is 13.6 Å². The number of nitrogens with zero attached hydrogens (tertiary/aromatic N) is 5. The molecule has 1 saturated carbocycles. The molecule has 1 fully saturated rings. The van der Waals surface area contributed by atoms with Gasteiger partial charge in [-0.25, -0.2) is 9.67 Å². The Morgan fingerprint density at radius 1 is 1.26 bits per heavy atom. The number of amides is 1.